The first kappa shape index (κ1) is 18.3. The topological polar surface area (TPSA) is 50.4 Å². The molecular weight excluding hydrogens is 324 g/mol. The van der Waals surface area contributed by atoms with Crippen molar-refractivity contribution in [2.45, 2.75) is 39.2 Å². The highest BCUT2D eigenvalue weighted by Gasteiger charge is 2.20. The molecule has 0 atom stereocenters. The minimum atomic E-state index is -0.0987. The Kier molecular flexibility index (Phi) is 6.16. The van der Waals surface area contributed by atoms with E-state index in [0.717, 1.165) is 37.0 Å². The van der Waals surface area contributed by atoms with Gasteiger partial charge in [0.05, 0.1) is 7.11 Å². The maximum Gasteiger partial charge on any atom is 0.315 e. The van der Waals surface area contributed by atoms with E-state index >= 15 is 0 Å². The standard InChI is InChI=1S/C22H28N2O2/c1-3-17-14-21(26-2)9-8-20(17)15-24-22(25)23-11-10-16-12-18-6-4-5-7-19(18)13-16/h4-9,14,16H,3,10-13,15H2,1-2H3,(H2,23,24,25). The molecule has 0 aromatic heterocycles. The van der Waals surface area contributed by atoms with Crippen LogP contribution in [-0.2, 0) is 25.8 Å². The molecule has 0 spiro atoms. The zero-order valence-electron chi connectivity index (χ0n) is 15.7. The zero-order chi connectivity index (χ0) is 18.4. The molecule has 3 rings (SSSR count). The third-order valence-electron chi connectivity index (χ3n) is 5.21. The predicted octanol–water partition coefficient (Wildman–Crippen LogP) is 3.86. The molecule has 2 aromatic rings. The summed E-state index contributed by atoms with van der Waals surface area (Å²) in [7, 11) is 1.67. The average Bonchev–Trinajstić information content (AvgIpc) is 3.09. The highest BCUT2D eigenvalue weighted by atomic mass is 16.5. The molecule has 4 heteroatoms. The van der Waals surface area contributed by atoms with E-state index in [1.165, 1.54) is 16.7 Å². The quantitative estimate of drug-likeness (QED) is 0.795. The normalized spacial score (nSPS) is 13.3. The van der Waals surface area contributed by atoms with Crippen LogP contribution < -0.4 is 15.4 Å². The van der Waals surface area contributed by atoms with Crippen molar-refractivity contribution in [1.29, 1.82) is 0 Å². The third-order valence-corrected chi connectivity index (χ3v) is 5.21. The lowest BCUT2D eigenvalue weighted by atomic mass is 10.0. The second-order valence-electron chi connectivity index (χ2n) is 6.93. The number of benzene rings is 2. The molecule has 0 aliphatic heterocycles. The third kappa shape index (κ3) is 4.57. The van der Waals surface area contributed by atoms with E-state index < -0.39 is 0 Å². The molecule has 0 saturated heterocycles. The summed E-state index contributed by atoms with van der Waals surface area (Å²) < 4.78 is 5.26. The zero-order valence-corrected chi connectivity index (χ0v) is 15.7. The van der Waals surface area contributed by atoms with Gasteiger partial charge in [0.25, 0.3) is 0 Å². The summed E-state index contributed by atoms with van der Waals surface area (Å²) in [6.45, 7) is 3.36. The van der Waals surface area contributed by atoms with Crippen LogP contribution in [0.15, 0.2) is 42.5 Å². The Labute approximate surface area is 156 Å². The first-order chi connectivity index (χ1) is 12.7. The van der Waals surface area contributed by atoms with Crippen LogP contribution in [0, 0.1) is 5.92 Å². The number of urea groups is 1. The summed E-state index contributed by atoms with van der Waals surface area (Å²) in [6.07, 6.45) is 4.19. The van der Waals surface area contributed by atoms with Crippen molar-refractivity contribution < 1.29 is 9.53 Å². The van der Waals surface area contributed by atoms with Gasteiger partial charge in [-0.05, 0) is 66.0 Å². The SMILES string of the molecule is CCc1cc(OC)ccc1CNC(=O)NCCC1Cc2ccccc2C1. The monoisotopic (exact) mass is 352 g/mol. The molecule has 4 nitrogen and oxygen atoms in total. The number of ether oxygens (including phenoxy) is 1. The molecule has 1 aliphatic rings. The fraction of sp³-hybridized carbons (Fsp3) is 0.409. The fourth-order valence-corrected chi connectivity index (χ4v) is 3.71. The van der Waals surface area contributed by atoms with Crippen LogP contribution >= 0.6 is 0 Å². The van der Waals surface area contributed by atoms with Gasteiger partial charge in [0.15, 0.2) is 0 Å². The second-order valence-corrected chi connectivity index (χ2v) is 6.93. The molecule has 0 radical (unpaired) electrons. The van der Waals surface area contributed by atoms with Crippen molar-refractivity contribution in [3.63, 3.8) is 0 Å². The second kappa shape index (κ2) is 8.75. The number of aryl methyl sites for hydroxylation is 1. The van der Waals surface area contributed by atoms with Crippen molar-refractivity contribution in [3.05, 3.63) is 64.7 Å². The van der Waals surface area contributed by atoms with E-state index in [2.05, 4.69) is 41.8 Å². The number of methoxy groups -OCH3 is 1. The summed E-state index contributed by atoms with van der Waals surface area (Å²) in [4.78, 5) is 12.1. The number of carbonyl (C=O) groups excluding carboxylic acids is 1. The molecule has 2 aromatic carbocycles. The number of carbonyl (C=O) groups is 1. The Balaban J connectivity index is 1.40. The summed E-state index contributed by atoms with van der Waals surface area (Å²) in [5.41, 5.74) is 5.27. The molecule has 0 unspecified atom stereocenters. The van der Waals surface area contributed by atoms with Crippen LogP contribution in [0.5, 0.6) is 5.75 Å². The molecule has 2 N–H and O–H groups in total. The lowest BCUT2D eigenvalue weighted by Gasteiger charge is -2.13. The van der Waals surface area contributed by atoms with Gasteiger partial charge < -0.3 is 15.4 Å². The van der Waals surface area contributed by atoms with Crippen LogP contribution in [0.1, 0.15) is 35.6 Å². The molecule has 1 aliphatic carbocycles. The lowest BCUT2D eigenvalue weighted by molar-refractivity contribution is 0.239. The van der Waals surface area contributed by atoms with Crippen LogP contribution in [0.4, 0.5) is 4.79 Å². The number of nitrogens with one attached hydrogen (secondary N) is 2. The van der Waals surface area contributed by atoms with E-state index in [-0.39, 0.29) is 6.03 Å². The fourth-order valence-electron chi connectivity index (χ4n) is 3.71. The van der Waals surface area contributed by atoms with E-state index in [1.807, 2.05) is 18.2 Å². The molecule has 2 amide bonds. The van der Waals surface area contributed by atoms with Gasteiger partial charge in [-0.25, -0.2) is 4.79 Å². The minimum Gasteiger partial charge on any atom is -0.497 e. The van der Waals surface area contributed by atoms with Gasteiger partial charge in [-0.15, -0.1) is 0 Å². The van der Waals surface area contributed by atoms with Crippen molar-refractivity contribution in [2.24, 2.45) is 5.92 Å². The van der Waals surface area contributed by atoms with Crippen LogP contribution in [0.2, 0.25) is 0 Å². The highest BCUT2D eigenvalue weighted by Crippen LogP contribution is 2.28. The van der Waals surface area contributed by atoms with Crippen LogP contribution in [0.25, 0.3) is 0 Å². The molecule has 0 fully saturated rings. The Morgan fingerprint density at radius 3 is 2.46 bits per heavy atom. The number of amides is 2. The maximum atomic E-state index is 12.1. The molecule has 138 valence electrons. The molecular formula is C22H28N2O2. The van der Waals surface area contributed by atoms with Gasteiger partial charge in [0.2, 0.25) is 0 Å². The van der Waals surface area contributed by atoms with Crippen molar-refractivity contribution in [1.82, 2.24) is 10.6 Å². The number of hydrogen-bond donors (Lipinski definition) is 2. The van der Waals surface area contributed by atoms with Gasteiger partial charge in [-0.1, -0.05) is 37.3 Å². The average molecular weight is 352 g/mol. The predicted molar refractivity (Wildman–Crippen MR) is 105 cm³/mol. The van der Waals surface area contributed by atoms with Crippen molar-refractivity contribution in [3.8, 4) is 5.75 Å². The maximum absolute atomic E-state index is 12.1. The van der Waals surface area contributed by atoms with Gasteiger partial charge in [0, 0.05) is 13.1 Å². The summed E-state index contributed by atoms with van der Waals surface area (Å²) in [5, 5.41) is 5.95. The first-order valence-corrected chi connectivity index (χ1v) is 9.44. The van der Waals surface area contributed by atoms with Gasteiger partial charge >= 0.3 is 6.03 Å². The Bertz CT molecular complexity index is 733. The lowest BCUT2D eigenvalue weighted by Crippen LogP contribution is -2.36. The number of rotatable bonds is 7. The van der Waals surface area contributed by atoms with Gasteiger partial charge in [-0.3, -0.25) is 0 Å². The first-order valence-electron chi connectivity index (χ1n) is 9.44. The van der Waals surface area contributed by atoms with E-state index in [0.29, 0.717) is 19.0 Å². The molecule has 26 heavy (non-hydrogen) atoms. The van der Waals surface area contributed by atoms with E-state index in [9.17, 15) is 4.79 Å². The van der Waals surface area contributed by atoms with Crippen molar-refractivity contribution in [2.75, 3.05) is 13.7 Å². The van der Waals surface area contributed by atoms with Gasteiger partial charge in [-0.2, -0.15) is 0 Å². The summed E-state index contributed by atoms with van der Waals surface area (Å²) in [5.74, 6) is 1.49. The summed E-state index contributed by atoms with van der Waals surface area (Å²) >= 11 is 0. The minimum absolute atomic E-state index is 0.0987. The molecule has 0 bridgehead atoms. The van der Waals surface area contributed by atoms with Gasteiger partial charge in [0.1, 0.15) is 5.75 Å². The largest absolute Gasteiger partial charge is 0.497 e. The highest BCUT2D eigenvalue weighted by molar-refractivity contribution is 5.73. The number of hydrogen-bond acceptors (Lipinski definition) is 2. The summed E-state index contributed by atoms with van der Waals surface area (Å²) in [6, 6.07) is 14.5. The Morgan fingerprint density at radius 2 is 1.81 bits per heavy atom. The van der Waals surface area contributed by atoms with E-state index in [4.69, 9.17) is 4.74 Å². The Morgan fingerprint density at radius 1 is 1.08 bits per heavy atom. The smallest absolute Gasteiger partial charge is 0.315 e. The number of fused-ring (bicyclic) bond motifs is 1. The molecule has 0 heterocycles. The van der Waals surface area contributed by atoms with Crippen LogP contribution in [-0.4, -0.2) is 19.7 Å². The van der Waals surface area contributed by atoms with E-state index in [1.54, 1.807) is 7.11 Å². The molecule has 0 saturated carbocycles. The Hall–Kier alpha value is -2.49. The van der Waals surface area contributed by atoms with Crippen LogP contribution in [0.3, 0.4) is 0 Å². The van der Waals surface area contributed by atoms with Crippen molar-refractivity contribution >= 4 is 6.03 Å².